The summed E-state index contributed by atoms with van der Waals surface area (Å²) in [6.07, 6.45) is 0. The Morgan fingerprint density at radius 2 is 1.81 bits per heavy atom. The van der Waals surface area contributed by atoms with Crippen LogP contribution in [0.3, 0.4) is 0 Å². The van der Waals surface area contributed by atoms with Crippen LogP contribution in [0.4, 0.5) is 5.69 Å². The molecule has 0 spiro atoms. The van der Waals surface area contributed by atoms with E-state index in [0.717, 1.165) is 31.8 Å². The molecule has 1 aliphatic rings. The molecule has 1 fully saturated rings. The fraction of sp³-hybridized carbons (Fsp3) is 0.105. The molecule has 0 unspecified atom stereocenters. The van der Waals surface area contributed by atoms with Crippen LogP contribution in [-0.2, 0) is 15.0 Å². The van der Waals surface area contributed by atoms with E-state index < -0.39 is 16.1 Å². The van der Waals surface area contributed by atoms with Crippen LogP contribution in [-0.4, -0.2) is 26.0 Å². The van der Waals surface area contributed by atoms with E-state index in [4.69, 9.17) is 0 Å². The highest BCUT2D eigenvalue weighted by Crippen LogP contribution is 2.36. The largest absolute Gasteiger partial charge is 0.506 e. The van der Waals surface area contributed by atoms with E-state index in [1.165, 1.54) is 6.07 Å². The van der Waals surface area contributed by atoms with Crippen LogP contribution in [0.15, 0.2) is 54.6 Å². The Balaban J connectivity index is 1.88. The summed E-state index contributed by atoms with van der Waals surface area (Å²) in [7, 11) is -3.98. The summed E-state index contributed by atoms with van der Waals surface area (Å²) in [6, 6.07) is 16.8. The number of phenolic OH excluding ortho intramolecular Hbond substituents is 1. The van der Waals surface area contributed by atoms with Crippen LogP contribution in [0, 0.1) is 6.92 Å². The number of nitrogens with one attached hydrogen (secondary N) is 1. The van der Waals surface area contributed by atoms with Crippen molar-refractivity contribution in [1.29, 1.82) is 0 Å². The minimum Gasteiger partial charge on any atom is -0.506 e. The third-order valence-electron chi connectivity index (χ3n) is 4.48. The number of amides is 1. The van der Waals surface area contributed by atoms with Crippen molar-refractivity contribution < 1.29 is 18.3 Å². The van der Waals surface area contributed by atoms with E-state index in [0.29, 0.717) is 0 Å². The molecule has 3 aromatic carbocycles. The monoisotopic (exact) mass is 368 g/mol. The highest BCUT2D eigenvalue weighted by Gasteiger charge is 2.35. The van der Waals surface area contributed by atoms with Gasteiger partial charge in [-0.3, -0.25) is 4.79 Å². The van der Waals surface area contributed by atoms with Crippen LogP contribution in [0.25, 0.3) is 21.9 Å². The van der Waals surface area contributed by atoms with E-state index in [1.807, 2.05) is 54.1 Å². The van der Waals surface area contributed by atoms with E-state index in [9.17, 15) is 18.3 Å². The van der Waals surface area contributed by atoms with Gasteiger partial charge in [0.25, 0.3) is 5.91 Å². The molecule has 1 saturated heterocycles. The Morgan fingerprint density at radius 1 is 1.04 bits per heavy atom. The molecule has 3 aromatic rings. The predicted molar refractivity (Wildman–Crippen MR) is 100 cm³/mol. The van der Waals surface area contributed by atoms with Gasteiger partial charge >= 0.3 is 10.2 Å². The molecule has 1 heterocycles. The molecule has 1 amide bonds. The number of benzene rings is 3. The maximum absolute atomic E-state index is 12.1. The van der Waals surface area contributed by atoms with Gasteiger partial charge in [0, 0.05) is 0 Å². The van der Waals surface area contributed by atoms with Crippen molar-refractivity contribution in [2.45, 2.75) is 6.92 Å². The van der Waals surface area contributed by atoms with E-state index in [1.54, 1.807) is 6.07 Å². The number of phenols is 1. The first-order valence-corrected chi connectivity index (χ1v) is 9.45. The molecular formula is C19H16N2O4S. The molecule has 4 rings (SSSR count). The fourth-order valence-electron chi connectivity index (χ4n) is 3.20. The highest BCUT2D eigenvalue weighted by molar-refractivity contribution is 7.92. The molecule has 26 heavy (non-hydrogen) atoms. The summed E-state index contributed by atoms with van der Waals surface area (Å²) >= 11 is 0. The number of fused-ring (bicyclic) bond motifs is 1. The van der Waals surface area contributed by atoms with Gasteiger partial charge in [-0.05, 0) is 52.6 Å². The van der Waals surface area contributed by atoms with Gasteiger partial charge in [-0.15, -0.1) is 0 Å². The minimum absolute atomic E-state index is 0.0813. The van der Waals surface area contributed by atoms with Crippen molar-refractivity contribution in [3.05, 3.63) is 60.2 Å². The summed E-state index contributed by atoms with van der Waals surface area (Å²) in [4.78, 5) is 11.5. The zero-order chi connectivity index (χ0) is 18.5. The number of carbonyl (C=O) groups is 1. The lowest BCUT2D eigenvalue weighted by atomic mass is 9.97. The standard InChI is InChI=1S/C19H16N2O4S/c1-12-4-2-3-5-16(12)14-7-6-13-10-18(22)17(9-15(13)8-14)21-11-19(23)20-26(21,24)25/h2-10,22H,11H2,1H3,(H,20,23). The molecule has 0 atom stereocenters. The molecule has 2 N–H and O–H groups in total. The van der Waals surface area contributed by atoms with Crippen LogP contribution in [0.2, 0.25) is 0 Å². The van der Waals surface area contributed by atoms with Crippen LogP contribution >= 0.6 is 0 Å². The Hall–Kier alpha value is -3.06. The lowest BCUT2D eigenvalue weighted by Crippen LogP contribution is -2.29. The van der Waals surface area contributed by atoms with Gasteiger partial charge in [-0.25, -0.2) is 9.03 Å². The van der Waals surface area contributed by atoms with Gasteiger partial charge in [-0.2, -0.15) is 8.42 Å². The zero-order valence-electron chi connectivity index (χ0n) is 13.9. The number of hydrogen-bond acceptors (Lipinski definition) is 4. The van der Waals surface area contributed by atoms with Gasteiger partial charge < -0.3 is 5.11 Å². The second kappa shape index (κ2) is 5.74. The van der Waals surface area contributed by atoms with Crippen molar-refractivity contribution in [3.63, 3.8) is 0 Å². The van der Waals surface area contributed by atoms with Gasteiger partial charge in [0.1, 0.15) is 12.3 Å². The summed E-state index contributed by atoms with van der Waals surface area (Å²) in [5, 5.41) is 11.8. The predicted octanol–water partition coefficient (Wildman–Crippen LogP) is 2.70. The molecule has 6 nitrogen and oxygen atoms in total. The van der Waals surface area contributed by atoms with Gasteiger partial charge in [-0.1, -0.05) is 36.4 Å². The lowest BCUT2D eigenvalue weighted by molar-refractivity contribution is -0.117. The molecule has 0 aliphatic carbocycles. The normalized spacial score (nSPS) is 16.0. The first-order chi connectivity index (χ1) is 12.3. The summed E-state index contributed by atoms with van der Waals surface area (Å²) in [5.41, 5.74) is 3.28. The third-order valence-corrected chi connectivity index (χ3v) is 5.87. The number of rotatable bonds is 2. The molecule has 0 saturated carbocycles. The summed E-state index contributed by atoms with van der Waals surface area (Å²) < 4.78 is 26.9. The SMILES string of the molecule is Cc1ccccc1-c1ccc2cc(O)c(N3CC(=O)NS3(=O)=O)cc2c1. The number of aromatic hydroxyl groups is 1. The van der Waals surface area contributed by atoms with Crippen molar-refractivity contribution >= 4 is 32.6 Å². The average molecular weight is 368 g/mol. The Bertz CT molecular complexity index is 1160. The zero-order valence-corrected chi connectivity index (χ0v) is 14.7. The fourth-order valence-corrected chi connectivity index (χ4v) is 4.35. The van der Waals surface area contributed by atoms with Crippen molar-refractivity contribution in [2.24, 2.45) is 0 Å². The smallest absolute Gasteiger partial charge is 0.326 e. The van der Waals surface area contributed by atoms with Gasteiger partial charge in [0.2, 0.25) is 0 Å². The van der Waals surface area contributed by atoms with E-state index >= 15 is 0 Å². The van der Waals surface area contributed by atoms with Gasteiger partial charge in [0.15, 0.2) is 0 Å². The van der Waals surface area contributed by atoms with E-state index in [2.05, 4.69) is 0 Å². The Kier molecular flexibility index (Phi) is 3.62. The van der Waals surface area contributed by atoms with Crippen LogP contribution < -0.4 is 9.03 Å². The van der Waals surface area contributed by atoms with Gasteiger partial charge in [0.05, 0.1) is 5.69 Å². The quantitative estimate of drug-likeness (QED) is 0.728. The van der Waals surface area contributed by atoms with Crippen molar-refractivity contribution in [2.75, 3.05) is 10.8 Å². The maximum Gasteiger partial charge on any atom is 0.326 e. The van der Waals surface area contributed by atoms with Crippen LogP contribution in [0.1, 0.15) is 5.56 Å². The second-order valence-electron chi connectivity index (χ2n) is 6.25. The molecule has 1 aliphatic heterocycles. The minimum atomic E-state index is -3.98. The van der Waals surface area contributed by atoms with Crippen molar-refractivity contribution in [1.82, 2.24) is 4.72 Å². The Morgan fingerprint density at radius 3 is 2.50 bits per heavy atom. The van der Waals surface area contributed by atoms with Crippen molar-refractivity contribution in [3.8, 4) is 16.9 Å². The van der Waals surface area contributed by atoms with E-state index in [-0.39, 0.29) is 18.0 Å². The van der Waals surface area contributed by atoms with Crippen LogP contribution in [0.5, 0.6) is 5.75 Å². The number of hydrogen-bond donors (Lipinski definition) is 2. The number of anilines is 1. The topological polar surface area (TPSA) is 86.7 Å². The summed E-state index contributed by atoms with van der Waals surface area (Å²) in [6.45, 7) is 1.68. The average Bonchev–Trinajstić information content (AvgIpc) is 2.86. The lowest BCUT2D eigenvalue weighted by Gasteiger charge is -2.17. The molecule has 7 heteroatoms. The first-order valence-electron chi connectivity index (χ1n) is 8.01. The third kappa shape index (κ3) is 2.66. The molecule has 0 radical (unpaired) electrons. The highest BCUT2D eigenvalue weighted by atomic mass is 32.2. The molecule has 132 valence electrons. The maximum atomic E-state index is 12.1. The number of aryl methyl sites for hydroxylation is 1. The number of carbonyl (C=O) groups excluding carboxylic acids is 1. The summed E-state index contributed by atoms with van der Waals surface area (Å²) in [5.74, 6) is -0.820. The molecular weight excluding hydrogens is 352 g/mol. The molecule has 0 bridgehead atoms. The molecule has 0 aromatic heterocycles. The number of nitrogens with zero attached hydrogens (tertiary/aromatic N) is 1. The first kappa shape index (κ1) is 16.4. The second-order valence-corrected chi connectivity index (χ2v) is 7.85. The Labute approximate surface area is 150 Å².